The van der Waals surface area contributed by atoms with Gasteiger partial charge in [-0.2, -0.15) is 0 Å². The van der Waals surface area contributed by atoms with Crippen molar-refractivity contribution in [1.29, 1.82) is 0 Å². The zero-order valence-electron chi connectivity index (χ0n) is 17.0. The molecule has 2 aromatic carbocycles. The summed E-state index contributed by atoms with van der Waals surface area (Å²) in [6.07, 6.45) is 1.96. The van der Waals surface area contributed by atoms with Gasteiger partial charge in [-0.05, 0) is 44.4 Å². The number of carbonyl (C=O) groups excluding carboxylic acids is 2. The molecule has 0 saturated carbocycles. The number of esters is 2. The Morgan fingerprint density at radius 3 is 2.14 bits per heavy atom. The van der Waals surface area contributed by atoms with Gasteiger partial charge in [-0.1, -0.05) is 67.6 Å². The van der Waals surface area contributed by atoms with Gasteiger partial charge in [0.1, 0.15) is 12.7 Å². The van der Waals surface area contributed by atoms with E-state index in [1.165, 1.54) is 0 Å². The number of benzene rings is 2. The van der Waals surface area contributed by atoms with Crippen LogP contribution in [0.3, 0.4) is 0 Å². The molecule has 1 unspecified atom stereocenters. The summed E-state index contributed by atoms with van der Waals surface area (Å²) in [6.45, 7) is 7.34. The van der Waals surface area contributed by atoms with Crippen molar-refractivity contribution in [2.75, 3.05) is 6.61 Å². The summed E-state index contributed by atoms with van der Waals surface area (Å²) in [4.78, 5) is 24.9. The van der Waals surface area contributed by atoms with Gasteiger partial charge in [0.25, 0.3) is 0 Å². The molecule has 0 aliphatic heterocycles. The minimum absolute atomic E-state index is 0.00330. The maximum atomic E-state index is 12.8. The molecular formula is C24H28O4. The van der Waals surface area contributed by atoms with Crippen LogP contribution in [0.2, 0.25) is 0 Å². The minimum Gasteiger partial charge on any atom is -0.459 e. The third kappa shape index (κ3) is 6.08. The Hall–Kier alpha value is -2.88. The third-order valence-electron chi connectivity index (χ3n) is 4.61. The number of hydrogen-bond acceptors (Lipinski definition) is 4. The van der Waals surface area contributed by atoms with E-state index in [1.54, 1.807) is 13.0 Å². The molecule has 4 heteroatoms. The van der Waals surface area contributed by atoms with Crippen molar-refractivity contribution in [3.8, 4) is 0 Å². The van der Waals surface area contributed by atoms with Gasteiger partial charge < -0.3 is 9.47 Å². The molecule has 1 atom stereocenters. The van der Waals surface area contributed by atoms with Gasteiger partial charge >= 0.3 is 11.9 Å². The Bertz CT molecular complexity index is 807. The van der Waals surface area contributed by atoms with Gasteiger partial charge in [0.2, 0.25) is 0 Å². The van der Waals surface area contributed by atoms with Crippen molar-refractivity contribution < 1.29 is 19.1 Å². The highest BCUT2D eigenvalue weighted by Crippen LogP contribution is 2.23. The van der Waals surface area contributed by atoms with Crippen molar-refractivity contribution in [3.05, 3.63) is 71.8 Å². The second-order valence-corrected chi connectivity index (χ2v) is 7.39. The quantitative estimate of drug-likeness (QED) is 0.361. The first kappa shape index (κ1) is 21.4. The molecule has 0 radical (unpaired) electrons. The van der Waals surface area contributed by atoms with E-state index in [1.807, 2.05) is 81.4 Å². The van der Waals surface area contributed by atoms with Crippen LogP contribution in [0.5, 0.6) is 0 Å². The van der Waals surface area contributed by atoms with E-state index in [0.717, 1.165) is 11.1 Å². The highest BCUT2D eigenvalue weighted by atomic mass is 16.6. The first-order valence-corrected chi connectivity index (χ1v) is 9.54. The van der Waals surface area contributed by atoms with E-state index >= 15 is 0 Å². The topological polar surface area (TPSA) is 52.6 Å². The molecule has 0 bridgehead atoms. The predicted molar refractivity (Wildman–Crippen MR) is 111 cm³/mol. The van der Waals surface area contributed by atoms with Crippen LogP contribution in [-0.4, -0.2) is 24.6 Å². The van der Waals surface area contributed by atoms with E-state index in [9.17, 15) is 9.59 Å². The van der Waals surface area contributed by atoms with Crippen molar-refractivity contribution in [2.45, 2.75) is 40.2 Å². The van der Waals surface area contributed by atoms with Gasteiger partial charge in [0.05, 0.1) is 11.0 Å². The zero-order valence-corrected chi connectivity index (χ0v) is 17.0. The first-order valence-electron chi connectivity index (χ1n) is 9.54. The van der Waals surface area contributed by atoms with Crippen molar-refractivity contribution in [3.63, 3.8) is 0 Å². The lowest BCUT2D eigenvalue weighted by Crippen LogP contribution is -2.31. The maximum Gasteiger partial charge on any atom is 0.338 e. The monoisotopic (exact) mass is 380 g/mol. The molecule has 0 heterocycles. The minimum atomic E-state index is -0.555. The Kier molecular flexibility index (Phi) is 7.56. The molecule has 0 amide bonds. The molecule has 0 aliphatic carbocycles. The Morgan fingerprint density at radius 2 is 1.57 bits per heavy atom. The average molecular weight is 380 g/mol. The zero-order chi connectivity index (χ0) is 20.6. The third-order valence-corrected chi connectivity index (χ3v) is 4.61. The molecule has 148 valence electrons. The van der Waals surface area contributed by atoms with E-state index in [4.69, 9.17) is 9.47 Å². The van der Waals surface area contributed by atoms with Crippen LogP contribution in [0, 0.1) is 5.41 Å². The largest absolute Gasteiger partial charge is 0.459 e. The lowest BCUT2D eigenvalue weighted by Gasteiger charge is -2.23. The van der Waals surface area contributed by atoms with Crippen molar-refractivity contribution in [1.82, 2.24) is 0 Å². The second kappa shape index (κ2) is 9.88. The van der Waals surface area contributed by atoms with Gasteiger partial charge in [0.15, 0.2) is 0 Å². The molecule has 0 aromatic heterocycles. The van der Waals surface area contributed by atoms with Crippen LogP contribution in [0.1, 0.15) is 45.2 Å². The summed E-state index contributed by atoms with van der Waals surface area (Å²) in [7, 11) is 0. The SMILES string of the molecule is CCC(C)(C)C(=O)OC(C)COC(=O)/C(=C\c1ccccc1)c1ccccc1. The predicted octanol–water partition coefficient (Wildman–Crippen LogP) is 5.14. The van der Waals surface area contributed by atoms with Gasteiger partial charge in [0, 0.05) is 0 Å². The lowest BCUT2D eigenvalue weighted by molar-refractivity contribution is -0.164. The summed E-state index contributed by atoms with van der Waals surface area (Å²) in [5, 5.41) is 0. The maximum absolute atomic E-state index is 12.8. The summed E-state index contributed by atoms with van der Waals surface area (Å²) >= 11 is 0. The fourth-order valence-electron chi connectivity index (χ4n) is 2.39. The van der Waals surface area contributed by atoms with E-state index in [0.29, 0.717) is 12.0 Å². The van der Waals surface area contributed by atoms with E-state index in [2.05, 4.69) is 0 Å². The fourth-order valence-corrected chi connectivity index (χ4v) is 2.39. The van der Waals surface area contributed by atoms with Crippen molar-refractivity contribution >= 4 is 23.6 Å². The number of hydrogen-bond donors (Lipinski definition) is 0. The number of carbonyl (C=O) groups is 2. The smallest absolute Gasteiger partial charge is 0.338 e. The fraction of sp³-hybridized carbons (Fsp3) is 0.333. The summed E-state index contributed by atoms with van der Waals surface area (Å²) in [5.41, 5.74) is 1.58. The Balaban J connectivity index is 2.09. The number of rotatable bonds is 8. The summed E-state index contributed by atoms with van der Waals surface area (Å²) < 4.78 is 10.9. The molecular weight excluding hydrogens is 352 g/mol. The van der Waals surface area contributed by atoms with Crippen LogP contribution in [0.25, 0.3) is 11.6 Å². The normalized spacial score (nSPS) is 12.9. The molecule has 2 rings (SSSR count). The molecule has 0 N–H and O–H groups in total. The van der Waals surface area contributed by atoms with Gasteiger partial charge in [-0.3, -0.25) is 4.79 Å². The highest BCUT2D eigenvalue weighted by Gasteiger charge is 2.29. The van der Waals surface area contributed by atoms with Crippen LogP contribution >= 0.6 is 0 Å². The van der Waals surface area contributed by atoms with E-state index < -0.39 is 17.5 Å². The second-order valence-electron chi connectivity index (χ2n) is 7.39. The first-order chi connectivity index (χ1) is 13.3. The Labute approximate surface area is 167 Å². The van der Waals surface area contributed by atoms with Crippen LogP contribution in [0.15, 0.2) is 60.7 Å². The van der Waals surface area contributed by atoms with Crippen LogP contribution < -0.4 is 0 Å². The van der Waals surface area contributed by atoms with E-state index in [-0.39, 0.29) is 12.6 Å². The molecule has 0 aliphatic rings. The molecule has 2 aromatic rings. The average Bonchev–Trinajstić information content (AvgIpc) is 2.71. The molecule has 0 fully saturated rings. The lowest BCUT2D eigenvalue weighted by atomic mass is 9.91. The molecule has 28 heavy (non-hydrogen) atoms. The molecule has 0 spiro atoms. The number of ether oxygens (including phenoxy) is 2. The summed E-state index contributed by atoms with van der Waals surface area (Å²) in [5.74, 6) is -0.741. The molecule has 4 nitrogen and oxygen atoms in total. The summed E-state index contributed by atoms with van der Waals surface area (Å²) in [6, 6.07) is 19.0. The van der Waals surface area contributed by atoms with Crippen molar-refractivity contribution in [2.24, 2.45) is 5.41 Å². The van der Waals surface area contributed by atoms with Crippen LogP contribution in [-0.2, 0) is 19.1 Å². The van der Waals surface area contributed by atoms with Gasteiger partial charge in [-0.25, -0.2) is 4.79 Å². The standard InChI is InChI=1S/C24H28O4/c1-5-24(3,4)23(26)28-18(2)17-27-22(25)21(20-14-10-7-11-15-20)16-19-12-8-6-9-13-19/h6-16,18H,5,17H2,1-4H3/b21-16-. The Morgan fingerprint density at radius 1 is 1.00 bits per heavy atom. The highest BCUT2D eigenvalue weighted by molar-refractivity contribution is 6.21. The molecule has 0 saturated heterocycles. The van der Waals surface area contributed by atoms with Gasteiger partial charge in [-0.15, -0.1) is 0 Å². The van der Waals surface area contributed by atoms with Crippen LogP contribution in [0.4, 0.5) is 0 Å².